The highest BCUT2D eigenvalue weighted by Crippen LogP contribution is 2.26. The average Bonchev–Trinajstić information content (AvgIpc) is 3.21. The van der Waals surface area contributed by atoms with Crippen LogP contribution in [-0.2, 0) is 10.2 Å². The first-order valence-corrected chi connectivity index (χ1v) is 12.0. The predicted molar refractivity (Wildman–Crippen MR) is 137 cm³/mol. The topological polar surface area (TPSA) is 67.2 Å². The third-order valence-corrected chi connectivity index (χ3v) is 5.68. The van der Waals surface area contributed by atoms with Gasteiger partial charge in [0.2, 0.25) is 5.91 Å². The second-order valence-electron chi connectivity index (χ2n) is 10.4. The van der Waals surface area contributed by atoms with Crippen molar-refractivity contribution < 1.29 is 14.0 Å². The molecule has 186 valence electrons. The molecule has 1 heterocycles. The molecule has 0 bridgehead atoms. The van der Waals surface area contributed by atoms with Gasteiger partial charge >= 0.3 is 0 Å². The van der Waals surface area contributed by atoms with Crippen molar-refractivity contribution in [1.82, 2.24) is 14.7 Å². The molecule has 0 saturated heterocycles. The van der Waals surface area contributed by atoms with E-state index in [0.29, 0.717) is 23.8 Å². The Morgan fingerprint density at radius 2 is 1.77 bits per heavy atom. The van der Waals surface area contributed by atoms with Gasteiger partial charge in [0.25, 0.3) is 5.91 Å². The first kappa shape index (κ1) is 26.1. The molecule has 0 atom stereocenters. The lowest BCUT2D eigenvalue weighted by molar-refractivity contribution is -0.117. The standard InChI is InChI=1S/C28H35FN4O2/c1-19(2)14-15-32(27(35)21-10-12-22(29)13-11-21)18-26(34)30-25-17-24(28(4,5)6)31-33(25)23-9-7-8-20(3)16-23/h7-13,16-17,19H,14-15,18H2,1-6H3,(H,30,34). The van der Waals surface area contributed by atoms with Gasteiger partial charge in [0.1, 0.15) is 18.2 Å². The molecular weight excluding hydrogens is 443 g/mol. The van der Waals surface area contributed by atoms with Crippen LogP contribution in [0, 0.1) is 18.7 Å². The number of carbonyl (C=O) groups is 2. The normalized spacial score (nSPS) is 11.5. The Kier molecular flexibility index (Phi) is 8.10. The third kappa shape index (κ3) is 7.01. The molecule has 0 aliphatic rings. The van der Waals surface area contributed by atoms with Crippen LogP contribution in [0.3, 0.4) is 0 Å². The van der Waals surface area contributed by atoms with Crippen molar-refractivity contribution in [3.05, 3.63) is 77.2 Å². The maximum absolute atomic E-state index is 13.3. The number of amides is 2. The Morgan fingerprint density at radius 3 is 2.37 bits per heavy atom. The molecular formula is C28H35FN4O2. The Bertz CT molecular complexity index is 1180. The van der Waals surface area contributed by atoms with Gasteiger partial charge in [-0.1, -0.05) is 46.8 Å². The van der Waals surface area contributed by atoms with Gasteiger partial charge in [-0.15, -0.1) is 0 Å². The molecule has 3 aromatic rings. The van der Waals surface area contributed by atoms with Crippen LogP contribution in [0.2, 0.25) is 0 Å². The molecule has 1 N–H and O–H groups in total. The summed E-state index contributed by atoms with van der Waals surface area (Å²) in [5.74, 6) is -0.129. The highest BCUT2D eigenvalue weighted by Gasteiger charge is 2.24. The minimum absolute atomic E-state index is 0.118. The lowest BCUT2D eigenvalue weighted by Crippen LogP contribution is -2.39. The van der Waals surface area contributed by atoms with Crippen LogP contribution in [0.5, 0.6) is 0 Å². The summed E-state index contributed by atoms with van der Waals surface area (Å²) in [6, 6.07) is 15.2. The van der Waals surface area contributed by atoms with Gasteiger partial charge in [-0.25, -0.2) is 9.07 Å². The smallest absolute Gasteiger partial charge is 0.254 e. The van der Waals surface area contributed by atoms with Gasteiger partial charge in [-0.05, 0) is 61.2 Å². The van der Waals surface area contributed by atoms with Crippen molar-refractivity contribution in [2.75, 3.05) is 18.4 Å². The zero-order chi connectivity index (χ0) is 25.8. The second kappa shape index (κ2) is 10.8. The highest BCUT2D eigenvalue weighted by molar-refractivity contribution is 5.99. The van der Waals surface area contributed by atoms with Gasteiger partial charge < -0.3 is 10.2 Å². The minimum Gasteiger partial charge on any atom is -0.329 e. The van der Waals surface area contributed by atoms with E-state index in [1.807, 2.05) is 37.3 Å². The largest absolute Gasteiger partial charge is 0.329 e. The molecule has 7 heteroatoms. The lowest BCUT2D eigenvalue weighted by atomic mass is 9.92. The Hall–Kier alpha value is -3.48. The van der Waals surface area contributed by atoms with Crippen LogP contribution in [0.1, 0.15) is 62.7 Å². The molecule has 0 saturated carbocycles. The number of rotatable bonds is 8. The van der Waals surface area contributed by atoms with Crippen molar-refractivity contribution in [3.8, 4) is 5.69 Å². The number of hydrogen-bond acceptors (Lipinski definition) is 3. The fourth-order valence-corrected chi connectivity index (χ4v) is 3.59. The van der Waals surface area contributed by atoms with Crippen LogP contribution in [0.25, 0.3) is 5.69 Å². The number of anilines is 1. The van der Waals surface area contributed by atoms with E-state index in [4.69, 9.17) is 5.10 Å². The van der Waals surface area contributed by atoms with E-state index in [1.165, 1.54) is 29.2 Å². The zero-order valence-electron chi connectivity index (χ0n) is 21.4. The third-order valence-electron chi connectivity index (χ3n) is 5.68. The van der Waals surface area contributed by atoms with E-state index < -0.39 is 5.82 Å². The fourth-order valence-electron chi connectivity index (χ4n) is 3.59. The van der Waals surface area contributed by atoms with Crippen LogP contribution in [0.15, 0.2) is 54.6 Å². The second-order valence-corrected chi connectivity index (χ2v) is 10.4. The molecule has 0 spiro atoms. The number of nitrogens with one attached hydrogen (secondary N) is 1. The molecule has 1 aromatic heterocycles. The number of benzene rings is 2. The van der Waals surface area contributed by atoms with Crippen LogP contribution < -0.4 is 5.32 Å². The summed E-state index contributed by atoms with van der Waals surface area (Å²) >= 11 is 0. The summed E-state index contributed by atoms with van der Waals surface area (Å²) in [6.07, 6.45) is 0.746. The quantitative estimate of drug-likeness (QED) is 0.449. The van der Waals surface area contributed by atoms with Crippen LogP contribution in [-0.4, -0.2) is 39.6 Å². The maximum atomic E-state index is 13.3. The fraction of sp³-hybridized carbons (Fsp3) is 0.393. The number of carbonyl (C=O) groups excluding carboxylic acids is 2. The summed E-state index contributed by atoms with van der Waals surface area (Å²) in [6.45, 7) is 12.6. The van der Waals surface area contributed by atoms with Gasteiger partial charge in [-0.2, -0.15) is 5.10 Å². The molecule has 3 rings (SSSR count). The summed E-state index contributed by atoms with van der Waals surface area (Å²) in [5, 5.41) is 7.72. The first-order valence-electron chi connectivity index (χ1n) is 12.0. The van der Waals surface area contributed by atoms with Crippen molar-refractivity contribution in [3.63, 3.8) is 0 Å². The Labute approximate surface area is 207 Å². The van der Waals surface area contributed by atoms with Gasteiger partial charge in [-0.3, -0.25) is 9.59 Å². The number of nitrogens with zero attached hydrogens (tertiary/aromatic N) is 3. The van der Waals surface area contributed by atoms with Crippen LogP contribution >= 0.6 is 0 Å². The molecule has 6 nitrogen and oxygen atoms in total. The average molecular weight is 479 g/mol. The lowest BCUT2D eigenvalue weighted by Gasteiger charge is -2.23. The van der Waals surface area contributed by atoms with Crippen molar-refractivity contribution in [1.29, 1.82) is 0 Å². The number of aromatic nitrogens is 2. The van der Waals surface area contributed by atoms with Crippen molar-refractivity contribution in [2.45, 2.75) is 53.4 Å². The van der Waals surface area contributed by atoms with E-state index in [1.54, 1.807) is 4.68 Å². The molecule has 2 aromatic carbocycles. The molecule has 0 unspecified atom stereocenters. The Balaban J connectivity index is 1.86. The number of hydrogen-bond donors (Lipinski definition) is 1. The number of aryl methyl sites for hydroxylation is 1. The van der Waals surface area contributed by atoms with Gasteiger partial charge in [0.15, 0.2) is 0 Å². The zero-order valence-corrected chi connectivity index (χ0v) is 21.4. The SMILES string of the molecule is Cc1cccc(-n2nc(C(C)(C)C)cc2NC(=O)CN(CCC(C)C)C(=O)c2ccc(F)cc2)c1. The molecule has 2 amide bonds. The van der Waals surface area contributed by atoms with E-state index in [0.717, 1.165) is 23.4 Å². The molecule has 0 fully saturated rings. The van der Waals surface area contributed by atoms with Crippen molar-refractivity contribution in [2.24, 2.45) is 5.92 Å². The summed E-state index contributed by atoms with van der Waals surface area (Å²) in [7, 11) is 0. The van der Waals surface area contributed by atoms with E-state index in [-0.39, 0.29) is 23.8 Å². The number of halogens is 1. The van der Waals surface area contributed by atoms with Crippen LogP contribution in [0.4, 0.5) is 10.2 Å². The van der Waals surface area contributed by atoms with E-state index in [2.05, 4.69) is 39.9 Å². The molecule has 0 aliphatic carbocycles. The molecule has 0 radical (unpaired) electrons. The maximum Gasteiger partial charge on any atom is 0.254 e. The summed E-state index contributed by atoms with van der Waals surface area (Å²) in [4.78, 5) is 27.8. The summed E-state index contributed by atoms with van der Waals surface area (Å²) < 4.78 is 15.1. The summed E-state index contributed by atoms with van der Waals surface area (Å²) in [5.41, 5.74) is 2.90. The van der Waals surface area contributed by atoms with E-state index >= 15 is 0 Å². The Morgan fingerprint density at radius 1 is 1.09 bits per heavy atom. The highest BCUT2D eigenvalue weighted by atomic mass is 19.1. The van der Waals surface area contributed by atoms with Gasteiger partial charge in [0, 0.05) is 23.6 Å². The van der Waals surface area contributed by atoms with Gasteiger partial charge in [0.05, 0.1) is 11.4 Å². The predicted octanol–water partition coefficient (Wildman–Crippen LogP) is 5.74. The van der Waals surface area contributed by atoms with E-state index in [9.17, 15) is 14.0 Å². The van der Waals surface area contributed by atoms with Crippen molar-refractivity contribution >= 4 is 17.6 Å². The minimum atomic E-state index is -0.410. The molecule has 0 aliphatic heterocycles. The monoisotopic (exact) mass is 478 g/mol. The first-order chi connectivity index (χ1) is 16.4. The molecule has 35 heavy (non-hydrogen) atoms.